The topological polar surface area (TPSA) is 0 Å². The molecule has 4 aliphatic rings. The summed E-state index contributed by atoms with van der Waals surface area (Å²) in [6.07, 6.45) is 0. The van der Waals surface area contributed by atoms with Gasteiger partial charge in [0.25, 0.3) is 0 Å². The maximum absolute atomic E-state index is 2.27. The molecule has 0 fully saturated rings. The summed E-state index contributed by atoms with van der Waals surface area (Å²) in [6, 6.07) is 47.9. The van der Waals surface area contributed by atoms with Gasteiger partial charge >= 0.3 is 0 Å². The fourth-order valence-corrected chi connectivity index (χ4v) is 4.81. The Morgan fingerprint density at radius 1 is 0.188 bits per heavy atom. The molecular formula is C32H22. The second-order valence-corrected chi connectivity index (χ2v) is 8.14. The first-order valence-electron chi connectivity index (χ1n) is 11.0. The summed E-state index contributed by atoms with van der Waals surface area (Å²) in [6.45, 7) is 0. The molecule has 2 aromatic rings. The van der Waals surface area contributed by atoms with Crippen molar-refractivity contribution in [3.05, 3.63) is 133 Å². The molecule has 0 heterocycles. The SMILES string of the molecule is c1ccc(-c2ccc3c(-c4ccccc5c(-c6ccccc6)ccc4-5)ccccc2-3)cc1. The van der Waals surface area contributed by atoms with Crippen LogP contribution in [0.15, 0.2) is 133 Å². The van der Waals surface area contributed by atoms with Crippen LogP contribution in [0.2, 0.25) is 0 Å². The Labute approximate surface area is 189 Å². The Bertz CT molecular complexity index is 1330. The first kappa shape index (κ1) is 18.6. The molecule has 2 aromatic carbocycles. The molecule has 0 unspecified atom stereocenters. The molecule has 32 heavy (non-hydrogen) atoms. The van der Waals surface area contributed by atoms with Crippen LogP contribution >= 0.6 is 0 Å². The van der Waals surface area contributed by atoms with E-state index in [2.05, 4.69) is 133 Å². The van der Waals surface area contributed by atoms with Crippen molar-refractivity contribution in [2.24, 2.45) is 0 Å². The van der Waals surface area contributed by atoms with Crippen molar-refractivity contribution in [3.63, 3.8) is 0 Å². The molecule has 0 spiro atoms. The number of benzene rings is 2. The quantitative estimate of drug-likeness (QED) is 0.275. The third kappa shape index (κ3) is 3.09. The van der Waals surface area contributed by atoms with Crippen LogP contribution in [0, 0.1) is 0 Å². The average Bonchev–Trinajstić information content (AvgIpc) is 3.32. The normalized spacial score (nSPS) is 11.1. The Balaban J connectivity index is 1.54. The lowest BCUT2D eigenvalue weighted by atomic mass is 9.93. The van der Waals surface area contributed by atoms with E-state index in [4.69, 9.17) is 0 Å². The molecule has 0 aromatic heterocycles. The van der Waals surface area contributed by atoms with Crippen molar-refractivity contribution in [2.75, 3.05) is 0 Å². The average molecular weight is 407 g/mol. The maximum Gasteiger partial charge on any atom is -0.00987 e. The van der Waals surface area contributed by atoms with Gasteiger partial charge in [0.15, 0.2) is 0 Å². The highest BCUT2D eigenvalue weighted by Gasteiger charge is 2.19. The summed E-state index contributed by atoms with van der Waals surface area (Å²) in [7, 11) is 0. The fourth-order valence-electron chi connectivity index (χ4n) is 4.81. The van der Waals surface area contributed by atoms with Crippen molar-refractivity contribution in [3.8, 4) is 55.6 Å². The monoisotopic (exact) mass is 406 g/mol. The zero-order valence-electron chi connectivity index (χ0n) is 17.7. The fraction of sp³-hybridized carbons (Fsp3) is 0. The highest BCUT2D eigenvalue weighted by molar-refractivity contribution is 6.00. The first-order valence-corrected chi connectivity index (χ1v) is 11.0. The second-order valence-electron chi connectivity index (χ2n) is 8.14. The maximum atomic E-state index is 2.27. The molecule has 0 saturated carbocycles. The number of rotatable bonds is 3. The molecular weight excluding hydrogens is 384 g/mol. The molecule has 0 N–H and O–H groups in total. The van der Waals surface area contributed by atoms with Gasteiger partial charge in [0.1, 0.15) is 0 Å². The lowest BCUT2D eigenvalue weighted by Gasteiger charge is -2.10. The van der Waals surface area contributed by atoms with Gasteiger partial charge in [0.05, 0.1) is 0 Å². The molecule has 0 aliphatic heterocycles. The van der Waals surface area contributed by atoms with E-state index in [1.54, 1.807) is 0 Å². The van der Waals surface area contributed by atoms with Crippen molar-refractivity contribution < 1.29 is 0 Å². The van der Waals surface area contributed by atoms with Crippen molar-refractivity contribution >= 4 is 0 Å². The van der Waals surface area contributed by atoms with Gasteiger partial charge < -0.3 is 0 Å². The zero-order chi connectivity index (χ0) is 21.3. The Morgan fingerprint density at radius 2 is 0.438 bits per heavy atom. The van der Waals surface area contributed by atoms with E-state index in [1.807, 2.05) is 0 Å². The Morgan fingerprint density at radius 3 is 0.812 bits per heavy atom. The summed E-state index contributed by atoms with van der Waals surface area (Å²) in [4.78, 5) is 0. The van der Waals surface area contributed by atoms with E-state index in [9.17, 15) is 0 Å². The molecule has 0 bridgehead atoms. The standard InChI is InChI=1S/C32H22/c1-3-11-23(12-4-1)25-19-21-31-27(25)15-7-9-17-29(31)30-18-10-8-16-28-26(20-22-32(28)30)24-13-5-2-6-14-24/h1-22H. The lowest BCUT2D eigenvalue weighted by molar-refractivity contribution is 1.66. The smallest absolute Gasteiger partial charge is 0.00987 e. The summed E-state index contributed by atoms with van der Waals surface area (Å²) in [5, 5.41) is 0. The van der Waals surface area contributed by atoms with E-state index < -0.39 is 0 Å². The minimum Gasteiger partial charge on any atom is -0.0622 e. The predicted molar refractivity (Wildman–Crippen MR) is 136 cm³/mol. The van der Waals surface area contributed by atoms with Gasteiger partial charge in [-0.2, -0.15) is 0 Å². The van der Waals surface area contributed by atoms with Gasteiger partial charge in [0.2, 0.25) is 0 Å². The van der Waals surface area contributed by atoms with Crippen LogP contribution in [0.25, 0.3) is 55.6 Å². The van der Waals surface area contributed by atoms with E-state index in [-0.39, 0.29) is 0 Å². The summed E-state index contributed by atoms with van der Waals surface area (Å²) in [5.41, 5.74) is 12.7. The van der Waals surface area contributed by atoms with Crippen LogP contribution in [-0.4, -0.2) is 0 Å². The van der Waals surface area contributed by atoms with Crippen molar-refractivity contribution in [2.45, 2.75) is 0 Å². The highest BCUT2D eigenvalue weighted by Crippen LogP contribution is 2.45. The second kappa shape index (κ2) is 7.83. The molecule has 150 valence electrons. The predicted octanol–water partition coefficient (Wildman–Crippen LogP) is 8.90. The van der Waals surface area contributed by atoms with Crippen LogP contribution in [0.1, 0.15) is 0 Å². The number of fused-ring (bicyclic) bond motifs is 2. The Kier molecular flexibility index (Phi) is 4.55. The first-order chi connectivity index (χ1) is 15.9. The van der Waals surface area contributed by atoms with Crippen LogP contribution in [-0.2, 0) is 0 Å². The van der Waals surface area contributed by atoms with Crippen molar-refractivity contribution in [1.82, 2.24) is 0 Å². The largest absolute Gasteiger partial charge is 0.0622 e. The third-order valence-electron chi connectivity index (χ3n) is 6.31. The van der Waals surface area contributed by atoms with Gasteiger partial charge in [0, 0.05) is 0 Å². The Hall–Kier alpha value is -4.16. The van der Waals surface area contributed by atoms with E-state index in [0.717, 1.165) is 0 Å². The van der Waals surface area contributed by atoms with E-state index in [0.29, 0.717) is 0 Å². The molecule has 6 rings (SSSR count). The summed E-state index contributed by atoms with van der Waals surface area (Å²) >= 11 is 0. The molecule has 0 amide bonds. The third-order valence-corrected chi connectivity index (χ3v) is 6.31. The molecule has 4 aliphatic carbocycles. The minimum atomic E-state index is 1.25. The van der Waals surface area contributed by atoms with E-state index in [1.165, 1.54) is 55.6 Å². The van der Waals surface area contributed by atoms with Gasteiger partial charge in [-0.25, -0.2) is 0 Å². The van der Waals surface area contributed by atoms with Crippen molar-refractivity contribution in [1.29, 1.82) is 0 Å². The van der Waals surface area contributed by atoms with Crippen LogP contribution < -0.4 is 0 Å². The van der Waals surface area contributed by atoms with Crippen LogP contribution in [0.5, 0.6) is 0 Å². The molecule has 0 heteroatoms. The van der Waals surface area contributed by atoms with Gasteiger partial charge in [-0.3, -0.25) is 0 Å². The molecule has 0 atom stereocenters. The number of hydrogen-bond acceptors (Lipinski definition) is 0. The minimum absolute atomic E-state index is 1.25. The van der Waals surface area contributed by atoms with Gasteiger partial charge in [-0.05, 0) is 55.6 Å². The lowest BCUT2D eigenvalue weighted by Crippen LogP contribution is -1.83. The number of hydrogen-bond donors (Lipinski definition) is 0. The van der Waals surface area contributed by atoms with E-state index >= 15 is 0 Å². The molecule has 0 radical (unpaired) electrons. The zero-order valence-corrected chi connectivity index (χ0v) is 17.7. The molecule has 0 saturated heterocycles. The van der Waals surface area contributed by atoms with Gasteiger partial charge in [-0.1, -0.05) is 133 Å². The molecule has 0 nitrogen and oxygen atoms in total. The summed E-state index contributed by atoms with van der Waals surface area (Å²) in [5.74, 6) is 0. The summed E-state index contributed by atoms with van der Waals surface area (Å²) < 4.78 is 0. The van der Waals surface area contributed by atoms with Crippen LogP contribution in [0.3, 0.4) is 0 Å². The van der Waals surface area contributed by atoms with Crippen LogP contribution in [0.4, 0.5) is 0 Å². The highest BCUT2D eigenvalue weighted by atomic mass is 14.2. The van der Waals surface area contributed by atoms with Gasteiger partial charge in [-0.15, -0.1) is 0 Å².